The number of ether oxygens (including phenoxy) is 3. The van der Waals surface area contributed by atoms with Crippen molar-refractivity contribution in [1.29, 1.82) is 0 Å². The lowest BCUT2D eigenvalue weighted by Gasteiger charge is -2.28. The van der Waals surface area contributed by atoms with Crippen LogP contribution in [0.4, 0.5) is 5.69 Å². The number of hydrogen-bond donors (Lipinski definition) is 0. The van der Waals surface area contributed by atoms with Crippen LogP contribution in [0.1, 0.15) is 13.8 Å². The molecule has 0 bridgehead atoms. The zero-order valence-electron chi connectivity index (χ0n) is 11.8. The summed E-state index contributed by atoms with van der Waals surface area (Å²) in [6.07, 6.45) is 0. The standard InChI is InChI=1S/C14H19N3O3/c1-3-18-11-5-6-13(19-4-2)12(9-11)17-7-8-20-14(10-17)16-15/h5-6,9H,3-4,7-8,10H2,1-2H3. The molecule has 108 valence electrons. The maximum atomic E-state index is 8.85. The third-order valence-electron chi connectivity index (χ3n) is 2.95. The molecule has 0 aliphatic carbocycles. The monoisotopic (exact) mass is 277 g/mol. The fourth-order valence-corrected chi connectivity index (χ4v) is 2.11. The van der Waals surface area contributed by atoms with E-state index in [0.29, 0.717) is 38.8 Å². The summed E-state index contributed by atoms with van der Waals surface area (Å²) >= 11 is 0. The summed E-state index contributed by atoms with van der Waals surface area (Å²) in [6, 6.07) is 5.73. The molecule has 0 spiro atoms. The van der Waals surface area contributed by atoms with Gasteiger partial charge in [-0.1, -0.05) is 0 Å². The van der Waals surface area contributed by atoms with Crippen molar-refractivity contribution in [2.24, 2.45) is 0 Å². The first-order chi connectivity index (χ1) is 9.78. The molecule has 20 heavy (non-hydrogen) atoms. The topological polar surface area (TPSA) is 67.3 Å². The molecule has 6 nitrogen and oxygen atoms in total. The van der Waals surface area contributed by atoms with Gasteiger partial charge in [-0.15, -0.1) is 4.79 Å². The average molecular weight is 277 g/mol. The molecule has 1 fully saturated rings. The first kappa shape index (κ1) is 14.2. The highest BCUT2D eigenvalue weighted by atomic mass is 16.5. The van der Waals surface area contributed by atoms with Crippen LogP contribution in [0.15, 0.2) is 18.2 Å². The van der Waals surface area contributed by atoms with E-state index in [9.17, 15) is 0 Å². The highest BCUT2D eigenvalue weighted by Crippen LogP contribution is 2.33. The molecule has 1 heterocycles. The molecule has 1 aliphatic heterocycles. The second kappa shape index (κ2) is 6.82. The lowest BCUT2D eigenvalue weighted by Crippen LogP contribution is -2.40. The van der Waals surface area contributed by atoms with Crippen molar-refractivity contribution in [1.82, 2.24) is 0 Å². The van der Waals surface area contributed by atoms with Crippen molar-refractivity contribution >= 4 is 11.6 Å². The molecule has 1 aliphatic rings. The van der Waals surface area contributed by atoms with Gasteiger partial charge in [0.05, 0.1) is 25.4 Å². The summed E-state index contributed by atoms with van der Waals surface area (Å²) < 4.78 is 16.4. The number of benzene rings is 1. The number of hydrogen-bond acceptors (Lipinski definition) is 4. The minimum atomic E-state index is 0.306. The van der Waals surface area contributed by atoms with Gasteiger partial charge in [-0.2, -0.15) is 0 Å². The minimum Gasteiger partial charge on any atom is -0.494 e. The van der Waals surface area contributed by atoms with E-state index in [0.717, 1.165) is 17.2 Å². The lowest BCUT2D eigenvalue weighted by molar-refractivity contribution is -0.0454. The summed E-state index contributed by atoms with van der Waals surface area (Å²) in [5.74, 6) is 1.88. The van der Waals surface area contributed by atoms with Gasteiger partial charge in [-0.25, -0.2) is 0 Å². The SMILES string of the molecule is CCOc1ccc(OCC)c(N2CCOC(=[N+]=[N-])C2)c1. The van der Waals surface area contributed by atoms with Crippen LogP contribution in [0.2, 0.25) is 0 Å². The van der Waals surface area contributed by atoms with Crippen molar-refractivity contribution in [3.8, 4) is 11.5 Å². The van der Waals surface area contributed by atoms with E-state index in [1.54, 1.807) is 0 Å². The predicted molar refractivity (Wildman–Crippen MR) is 75.6 cm³/mol. The Kier molecular flexibility index (Phi) is 4.85. The first-order valence-corrected chi connectivity index (χ1v) is 6.76. The van der Waals surface area contributed by atoms with Gasteiger partial charge in [-0.3, -0.25) is 0 Å². The van der Waals surface area contributed by atoms with E-state index in [-0.39, 0.29) is 0 Å². The van der Waals surface area contributed by atoms with Crippen molar-refractivity contribution in [2.75, 3.05) is 37.8 Å². The Morgan fingerprint density at radius 2 is 2.10 bits per heavy atom. The maximum Gasteiger partial charge on any atom is 0.469 e. The number of anilines is 1. The Morgan fingerprint density at radius 1 is 1.30 bits per heavy atom. The van der Waals surface area contributed by atoms with Gasteiger partial charge in [-0.05, 0) is 26.0 Å². The van der Waals surface area contributed by atoms with Crippen LogP contribution in [0, 0.1) is 0 Å². The molecule has 0 unspecified atom stereocenters. The van der Waals surface area contributed by atoms with Crippen LogP contribution in [-0.4, -0.2) is 43.6 Å². The van der Waals surface area contributed by atoms with Crippen LogP contribution in [-0.2, 0) is 4.74 Å². The summed E-state index contributed by atoms with van der Waals surface area (Å²) in [5, 5.41) is 0. The molecular formula is C14H19N3O3. The van der Waals surface area contributed by atoms with Gasteiger partial charge in [0, 0.05) is 6.07 Å². The van der Waals surface area contributed by atoms with Crippen molar-refractivity contribution in [3.05, 3.63) is 23.7 Å². The van der Waals surface area contributed by atoms with E-state index in [4.69, 9.17) is 19.7 Å². The van der Waals surface area contributed by atoms with Gasteiger partial charge in [0.2, 0.25) is 0 Å². The first-order valence-electron chi connectivity index (χ1n) is 6.76. The molecule has 0 radical (unpaired) electrons. The average Bonchev–Trinajstić information content (AvgIpc) is 2.49. The Balaban J connectivity index is 2.30. The van der Waals surface area contributed by atoms with Gasteiger partial charge in [0.15, 0.2) is 6.54 Å². The number of rotatable bonds is 5. The number of morpholine rings is 1. The van der Waals surface area contributed by atoms with E-state index in [1.807, 2.05) is 36.9 Å². The number of nitrogens with zero attached hydrogens (tertiary/aromatic N) is 3. The molecule has 6 heteroatoms. The summed E-state index contributed by atoms with van der Waals surface area (Å²) in [6.45, 7) is 6.68. The molecule has 1 saturated heterocycles. The molecule has 0 N–H and O–H groups in total. The predicted octanol–water partition coefficient (Wildman–Crippen LogP) is 1.95. The Bertz CT molecular complexity index is 512. The molecule has 0 atom stereocenters. The fourth-order valence-electron chi connectivity index (χ4n) is 2.11. The third kappa shape index (κ3) is 3.22. The zero-order chi connectivity index (χ0) is 14.4. The summed E-state index contributed by atoms with van der Waals surface area (Å²) in [7, 11) is 0. The van der Waals surface area contributed by atoms with Crippen LogP contribution in [0.3, 0.4) is 0 Å². The Morgan fingerprint density at radius 3 is 2.80 bits per heavy atom. The Hall–Kier alpha value is -2.20. The van der Waals surface area contributed by atoms with Crippen LogP contribution in [0.25, 0.3) is 5.53 Å². The molecular weight excluding hydrogens is 258 g/mol. The van der Waals surface area contributed by atoms with E-state index >= 15 is 0 Å². The van der Waals surface area contributed by atoms with Crippen LogP contribution < -0.4 is 14.4 Å². The quantitative estimate of drug-likeness (QED) is 0.609. The molecule has 0 aromatic heterocycles. The van der Waals surface area contributed by atoms with Crippen LogP contribution in [0.5, 0.6) is 11.5 Å². The lowest BCUT2D eigenvalue weighted by atomic mass is 10.2. The van der Waals surface area contributed by atoms with Gasteiger partial charge < -0.3 is 24.6 Å². The molecule has 1 aromatic carbocycles. The van der Waals surface area contributed by atoms with Crippen molar-refractivity contribution in [2.45, 2.75) is 13.8 Å². The highest BCUT2D eigenvalue weighted by Gasteiger charge is 2.25. The normalized spacial score (nSPS) is 14.5. The maximum absolute atomic E-state index is 8.85. The molecule has 0 saturated carbocycles. The second-order valence-corrected chi connectivity index (χ2v) is 4.26. The summed E-state index contributed by atoms with van der Waals surface area (Å²) in [5.41, 5.74) is 9.77. The van der Waals surface area contributed by atoms with E-state index in [1.165, 1.54) is 0 Å². The molecule has 2 rings (SSSR count). The Labute approximate surface area is 118 Å². The third-order valence-corrected chi connectivity index (χ3v) is 2.95. The van der Waals surface area contributed by atoms with Crippen molar-refractivity contribution in [3.63, 3.8) is 0 Å². The highest BCUT2D eigenvalue weighted by molar-refractivity contribution is 5.79. The van der Waals surface area contributed by atoms with Crippen LogP contribution >= 0.6 is 0 Å². The van der Waals surface area contributed by atoms with E-state index < -0.39 is 0 Å². The minimum absolute atomic E-state index is 0.306. The van der Waals surface area contributed by atoms with Gasteiger partial charge in [0.25, 0.3) is 0 Å². The largest absolute Gasteiger partial charge is 0.494 e. The van der Waals surface area contributed by atoms with Gasteiger partial charge >= 0.3 is 5.90 Å². The fraction of sp³-hybridized carbons (Fsp3) is 0.500. The zero-order valence-corrected chi connectivity index (χ0v) is 11.8. The molecule has 1 aromatic rings. The molecule has 0 amide bonds. The summed E-state index contributed by atoms with van der Waals surface area (Å²) in [4.78, 5) is 5.19. The van der Waals surface area contributed by atoms with Gasteiger partial charge in [0.1, 0.15) is 18.1 Å². The van der Waals surface area contributed by atoms with E-state index in [2.05, 4.69) is 4.79 Å². The smallest absolute Gasteiger partial charge is 0.469 e. The second-order valence-electron chi connectivity index (χ2n) is 4.26. The van der Waals surface area contributed by atoms with Crippen molar-refractivity contribution < 1.29 is 19.0 Å².